The summed E-state index contributed by atoms with van der Waals surface area (Å²) in [5.41, 5.74) is 0.685. The van der Waals surface area contributed by atoms with Crippen molar-refractivity contribution in [3.63, 3.8) is 0 Å². The van der Waals surface area contributed by atoms with Crippen LogP contribution in [0, 0.1) is 29.6 Å². The molecule has 7 amide bonds. The molecule has 4 rings (SSSR count). The van der Waals surface area contributed by atoms with Crippen molar-refractivity contribution in [2.24, 2.45) is 29.6 Å². The van der Waals surface area contributed by atoms with E-state index in [0.717, 1.165) is 0 Å². The number of carbonyl (C=O) groups is 8. The molecule has 438 valence electrons. The zero-order chi connectivity index (χ0) is 58.0. The van der Waals surface area contributed by atoms with E-state index in [9.17, 15) is 43.5 Å². The summed E-state index contributed by atoms with van der Waals surface area (Å²) in [6.07, 6.45) is 5.93. The Morgan fingerprint density at radius 3 is 2.18 bits per heavy atom. The maximum atomic E-state index is 14.8. The average Bonchev–Trinajstić information content (AvgIpc) is 4.01. The number of nitrogens with zero attached hydrogens (tertiary/aromatic N) is 4. The fraction of sp³-hybridized carbons (Fsp3) is 0.724. The molecule has 3 unspecified atom stereocenters. The third-order valence-electron chi connectivity index (χ3n) is 16.1. The number of likely N-dealkylation sites (tertiary alicyclic amines) is 2. The molecule has 0 radical (unpaired) electrons. The van der Waals surface area contributed by atoms with Crippen LogP contribution in [0.1, 0.15) is 131 Å². The van der Waals surface area contributed by atoms with E-state index >= 15 is 0 Å². The van der Waals surface area contributed by atoms with E-state index < -0.39 is 66.5 Å². The highest BCUT2D eigenvalue weighted by atomic mass is 32.2. The molecule has 0 bridgehead atoms. The summed E-state index contributed by atoms with van der Waals surface area (Å²) in [6, 6.07) is 6.71. The minimum atomic E-state index is -0.915. The highest BCUT2D eigenvalue weighted by Gasteiger charge is 2.44. The van der Waals surface area contributed by atoms with Crippen molar-refractivity contribution < 1.29 is 62.4 Å². The number of ketones is 1. The van der Waals surface area contributed by atoms with Gasteiger partial charge in [0.1, 0.15) is 12.7 Å². The van der Waals surface area contributed by atoms with Gasteiger partial charge >= 0.3 is 6.09 Å². The van der Waals surface area contributed by atoms with Crippen LogP contribution in [0.5, 0.6) is 0 Å². The standard InChI is InChI=1S/C58H92N6O13S/c1-14-37(6)52(46(74-11)32-49(67)63-29-20-27-44(63)54(75-12)38(7)55(70)60-39(8)53(69)40-21-16-15-17-22-40)61(9)56(71)43(35(2)3)31-45(65)51(36(4)5)62(10)58(73)77-42-25-18-23-41(24-19-26-42)76-34-48(66)59-28-30-64-50(68)33-47(78-13)57(64)72/h15-18,21-22,25,35-39,41-44,46-47,51-54,69H,14,19-20,23-24,26-34H2,1-13H3,(H,59,66)(H,60,70)/b25-18+/t37-,38+,39+,41?,42?,43+,44-,46+,47?,51-,52-,53+,54+/m0/s1. The SMILES string of the molecule is CC[C@H](C)[C@@H]([C@@H](CC(=O)N1CCC[C@H]1[C@H](OC)[C@@H](C)C(=O)N[C@H](C)[C@@H](O)c1ccccc1)OC)N(C)C(=O)[C@H](CC(=O)[C@H](C(C)C)N(C)C(=O)OC1/C=C/CC(OCC(=O)NCCN2C(=O)CC(SC)C2=O)CCC1)C(C)C. The van der Waals surface area contributed by atoms with E-state index in [1.54, 1.807) is 62.2 Å². The van der Waals surface area contributed by atoms with Crippen LogP contribution in [-0.2, 0) is 52.5 Å². The molecule has 1 aliphatic carbocycles. The number of nitrogens with one attached hydrogen (secondary N) is 2. The van der Waals surface area contributed by atoms with Gasteiger partial charge in [-0.25, -0.2) is 4.79 Å². The highest BCUT2D eigenvalue weighted by molar-refractivity contribution is 8.00. The van der Waals surface area contributed by atoms with Gasteiger partial charge < -0.3 is 49.4 Å². The number of thioether (sulfide) groups is 1. The second kappa shape index (κ2) is 31.8. The number of aliphatic hydroxyl groups excluding tert-OH is 1. The summed E-state index contributed by atoms with van der Waals surface area (Å²) in [5, 5.41) is 16.2. The van der Waals surface area contributed by atoms with Gasteiger partial charge in [-0.15, -0.1) is 0 Å². The van der Waals surface area contributed by atoms with Gasteiger partial charge in [0.2, 0.25) is 35.4 Å². The molecule has 0 saturated carbocycles. The quantitative estimate of drug-likeness (QED) is 0.0621. The lowest BCUT2D eigenvalue weighted by Gasteiger charge is -2.41. The number of benzene rings is 1. The van der Waals surface area contributed by atoms with Gasteiger partial charge in [-0.3, -0.25) is 38.5 Å². The Labute approximate surface area is 468 Å². The molecule has 3 aliphatic rings. The van der Waals surface area contributed by atoms with Gasteiger partial charge in [0.15, 0.2) is 5.78 Å². The molecular weight excluding hydrogens is 1020 g/mol. The second-order valence-electron chi connectivity index (χ2n) is 22.2. The van der Waals surface area contributed by atoms with Crippen molar-refractivity contribution in [3.8, 4) is 0 Å². The van der Waals surface area contributed by atoms with Gasteiger partial charge in [-0.1, -0.05) is 91.3 Å². The smallest absolute Gasteiger partial charge is 0.410 e. The average molecular weight is 1110 g/mol. The predicted molar refractivity (Wildman–Crippen MR) is 299 cm³/mol. The van der Waals surface area contributed by atoms with E-state index in [4.69, 9.17) is 18.9 Å². The van der Waals surface area contributed by atoms with Gasteiger partial charge in [0, 0.05) is 66.7 Å². The monoisotopic (exact) mass is 1110 g/mol. The number of amides is 7. The van der Waals surface area contributed by atoms with E-state index in [1.807, 2.05) is 65.8 Å². The minimum absolute atomic E-state index is 0.0386. The fourth-order valence-electron chi connectivity index (χ4n) is 11.3. The molecule has 2 fully saturated rings. The van der Waals surface area contributed by atoms with Crippen molar-refractivity contribution >= 4 is 59.1 Å². The van der Waals surface area contributed by atoms with Crippen molar-refractivity contribution in [1.82, 2.24) is 30.2 Å². The Kier molecular flexibility index (Phi) is 26.7. The van der Waals surface area contributed by atoms with E-state index in [2.05, 4.69) is 10.6 Å². The number of rotatable bonds is 29. The zero-order valence-electron chi connectivity index (χ0n) is 48.6. The number of methoxy groups -OCH3 is 2. The molecule has 3 N–H and O–H groups in total. The Morgan fingerprint density at radius 2 is 1.58 bits per heavy atom. The number of Topliss-reactive ketones (excluding diaryl/α,β-unsaturated/α-hetero) is 1. The largest absolute Gasteiger partial charge is 0.442 e. The Balaban J connectivity index is 1.35. The first-order valence-corrected chi connectivity index (χ1v) is 29.3. The van der Waals surface area contributed by atoms with Crippen molar-refractivity contribution in [2.75, 3.05) is 60.8 Å². The number of likely N-dealkylation sites (N-methyl/N-ethyl adjacent to an activating group) is 2. The van der Waals surface area contributed by atoms with Crippen molar-refractivity contribution in [2.45, 2.75) is 180 Å². The lowest BCUT2D eigenvalue weighted by atomic mass is 9.83. The first kappa shape index (κ1) is 65.6. The fourth-order valence-corrected chi connectivity index (χ4v) is 11.9. The molecule has 1 aromatic rings. The van der Waals surface area contributed by atoms with Crippen LogP contribution >= 0.6 is 11.8 Å². The topological polar surface area (TPSA) is 231 Å². The first-order valence-electron chi connectivity index (χ1n) is 28.0. The second-order valence-corrected chi connectivity index (χ2v) is 23.2. The molecule has 20 heteroatoms. The molecule has 2 saturated heterocycles. The van der Waals surface area contributed by atoms with Crippen LogP contribution in [0.15, 0.2) is 42.5 Å². The molecule has 19 nitrogen and oxygen atoms in total. The number of hydrogen-bond donors (Lipinski definition) is 3. The number of hydrogen-bond acceptors (Lipinski definition) is 14. The third kappa shape index (κ3) is 17.8. The maximum absolute atomic E-state index is 14.8. The minimum Gasteiger partial charge on any atom is -0.442 e. The summed E-state index contributed by atoms with van der Waals surface area (Å²) in [7, 11) is 6.32. The number of carbonyl (C=O) groups excluding carboxylic acids is 8. The lowest BCUT2D eigenvalue weighted by molar-refractivity contribution is -0.149. The molecule has 0 spiro atoms. The van der Waals surface area contributed by atoms with Gasteiger partial charge in [-0.2, -0.15) is 11.8 Å². The van der Waals surface area contributed by atoms with Gasteiger partial charge in [0.05, 0.1) is 66.2 Å². The molecule has 2 aliphatic heterocycles. The third-order valence-corrected chi connectivity index (χ3v) is 17.0. The van der Waals surface area contributed by atoms with E-state index in [0.29, 0.717) is 57.1 Å². The summed E-state index contributed by atoms with van der Waals surface area (Å²) in [4.78, 5) is 114. The number of aliphatic hydroxyl groups is 1. The molecule has 78 heavy (non-hydrogen) atoms. The number of ether oxygens (including phenoxy) is 4. The van der Waals surface area contributed by atoms with E-state index in [1.165, 1.54) is 35.8 Å². The summed E-state index contributed by atoms with van der Waals surface area (Å²) in [5.74, 6) is -3.95. The van der Waals surface area contributed by atoms with Crippen LogP contribution < -0.4 is 10.6 Å². The van der Waals surface area contributed by atoms with Crippen LogP contribution in [-0.4, -0.2) is 187 Å². The summed E-state index contributed by atoms with van der Waals surface area (Å²) >= 11 is 1.34. The Hall–Kier alpha value is -4.89. The van der Waals surface area contributed by atoms with Crippen LogP contribution in [0.25, 0.3) is 0 Å². The normalized spacial score (nSPS) is 22.8. The lowest BCUT2D eigenvalue weighted by Crippen LogP contribution is -2.55. The van der Waals surface area contributed by atoms with Gasteiger partial charge in [-0.05, 0) is 81.1 Å². The maximum Gasteiger partial charge on any atom is 0.410 e. The molecule has 1 aromatic carbocycles. The molecule has 13 atom stereocenters. The summed E-state index contributed by atoms with van der Waals surface area (Å²) in [6.45, 7) is 15.6. The van der Waals surface area contributed by atoms with Crippen molar-refractivity contribution in [1.29, 1.82) is 0 Å². The van der Waals surface area contributed by atoms with Crippen LogP contribution in [0.4, 0.5) is 4.79 Å². The summed E-state index contributed by atoms with van der Waals surface area (Å²) < 4.78 is 23.9. The molecule has 0 aromatic heterocycles. The zero-order valence-corrected chi connectivity index (χ0v) is 49.5. The molecular formula is C58H92N6O13S. The van der Waals surface area contributed by atoms with Crippen molar-refractivity contribution in [3.05, 3.63) is 48.0 Å². The molecule has 2 heterocycles. The van der Waals surface area contributed by atoms with E-state index in [-0.39, 0.29) is 109 Å². The Bertz CT molecular complexity index is 2180. The number of imide groups is 1. The Morgan fingerprint density at radius 1 is 0.885 bits per heavy atom. The van der Waals surface area contributed by atoms with Gasteiger partial charge in [0.25, 0.3) is 0 Å². The first-order chi connectivity index (χ1) is 37.0. The van der Waals surface area contributed by atoms with Crippen LogP contribution in [0.3, 0.4) is 0 Å². The van der Waals surface area contributed by atoms with Crippen LogP contribution in [0.2, 0.25) is 0 Å². The highest BCUT2D eigenvalue weighted by Crippen LogP contribution is 2.32. The predicted octanol–water partition coefficient (Wildman–Crippen LogP) is 5.96.